The van der Waals surface area contributed by atoms with Gasteiger partial charge in [-0.1, -0.05) is 31.2 Å². The Morgan fingerprint density at radius 1 is 1.23 bits per heavy atom. The van der Waals surface area contributed by atoms with E-state index in [4.69, 9.17) is 9.47 Å². The van der Waals surface area contributed by atoms with E-state index in [-0.39, 0.29) is 12.6 Å². The Kier molecular flexibility index (Phi) is 5.22. The predicted molar refractivity (Wildman–Crippen MR) is 83.5 cm³/mol. The van der Waals surface area contributed by atoms with Crippen molar-refractivity contribution < 1.29 is 19.1 Å². The largest absolute Gasteiger partial charge is 0.463 e. The van der Waals surface area contributed by atoms with Crippen molar-refractivity contribution in [1.29, 1.82) is 0 Å². The van der Waals surface area contributed by atoms with Gasteiger partial charge in [-0.15, -0.1) is 0 Å². The molecular weight excluding hydrogens is 280 g/mol. The quantitative estimate of drug-likeness (QED) is 0.726. The van der Waals surface area contributed by atoms with Crippen LogP contribution >= 0.6 is 0 Å². The van der Waals surface area contributed by atoms with E-state index in [1.165, 1.54) is 11.1 Å². The number of benzene rings is 1. The fraction of sp³-hybridized carbons (Fsp3) is 0.556. The molecule has 0 amide bonds. The van der Waals surface area contributed by atoms with Crippen molar-refractivity contribution in [2.45, 2.75) is 46.0 Å². The zero-order valence-corrected chi connectivity index (χ0v) is 13.6. The van der Waals surface area contributed by atoms with E-state index < -0.39 is 11.4 Å². The first-order valence-corrected chi connectivity index (χ1v) is 7.84. The molecule has 2 rings (SSSR count). The maximum absolute atomic E-state index is 11.7. The van der Waals surface area contributed by atoms with E-state index >= 15 is 0 Å². The first-order valence-electron chi connectivity index (χ1n) is 7.84. The van der Waals surface area contributed by atoms with Crippen molar-refractivity contribution in [1.82, 2.24) is 0 Å². The maximum atomic E-state index is 11.7. The highest BCUT2D eigenvalue weighted by Gasteiger charge is 2.28. The van der Waals surface area contributed by atoms with E-state index in [1.54, 1.807) is 13.8 Å². The summed E-state index contributed by atoms with van der Waals surface area (Å²) < 4.78 is 10.1. The Morgan fingerprint density at radius 3 is 2.64 bits per heavy atom. The highest BCUT2D eigenvalue weighted by molar-refractivity contribution is 5.79. The third kappa shape index (κ3) is 3.87. The molecule has 0 heterocycles. The molecule has 22 heavy (non-hydrogen) atoms. The lowest BCUT2D eigenvalue weighted by atomic mass is 9.76. The summed E-state index contributed by atoms with van der Waals surface area (Å²) in [7, 11) is 0. The zero-order chi connectivity index (χ0) is 16.2. The van der Waals surface area contributed by atoms with Crippen molar-refractivity contribution in [2.75, 3.05) is 13.2 Å². The number of esters is 2. The minimum Gasteiger partial charge on any atom is -0.463 e. The molecule has 4 heteroatoms. The van der Waals surface area contributed by atoms with Crippen LogP contribution < -0.4 is 0 Å². The first kappa shape index (κ1) is 16.5. The average Bonchev–Trinajstić information content (AvgIpc) is 2.49. The number of carbonyl (C=O) groups excluding carboxylic acids is 2. The summed E-state index contributed by atoms with van der Waals surface area (Å²) in [5.41, 5.74) is 2.18. The lowest BCUT2D eigenvalue weighted by Gasteiger charge is -2.29. The van der Waals surface area contributed by atoms with Gasteiger partial charge in [0.1, 0.15) is 0 Å². The highest BCUT2D eigenvalue weighted by atomic mass is 16.6. The molecule has 4 nitrogen and oxygen atoms in total. The third-order valence-electron chi connectivity index (χ3n) is 4.45. The Morgan fingerprint density at radius 2 is 1.95 bits per heavy atom. The number of rotatable bonds is 7. The Bertz CT molecular complexity index is 548. The summed E-state index contributed by atoms with van der Waals surface area (Å²) in [6.45, 7) is 5.58. The van der Waals surface area contributed by atoms with Crippen LogP contribution in [0.5, 0.6) is 0 Å². The molecule has 1 aromatic rings. The van der Waals surface area contributed by atoms with Crippen LogP contribution in [0.2, 0.25) is 0 Å². The minimum absolute atomic E-state index is 0.302. The SMILES string of the molecule is CCC(C)(C)C(=O)OCC(=O)OCCC1Cc2ccccc21. The van der Waals surface area contributed by atoms with Gasteiger partial charge in [-0.05, 0) is 50.2 Å². The van der Waals surface area contributed by atoms with Crippen molar-refractivity contribution in [3.8, 4) is 0 Å². The summed E-state index contributed by atoms with van der Waals surface area (Å²) >= 11 is 0. The van der Waals surface area contributed by atoms with E-state index in [1.807, 2.05) is 19.1 Å². The molecule has 0 spiro atoms. The molecule has 1 unspecified atom stereocenters. The summed E-state index contributed by atoms with van der Waals surface area (Å²) in [5, 5.41) is 0. The second-order valence-corrected chi connectivity index (χ2v) is 6.42. The average molecular weight is 304 g/mol. The molecule has 0 saturated carbocycles. The van der Waals surface area contributed by atoms with Gasteiger partial charge in [0.05, 0.1) is 12.0 Å². The van der Waals surface area contributed by atoms with Gasteiger partial charge in [-0.25, -0.2) is 4.79 Å². The normalized spacial score (nSPS) is 16.4. The van der Waals surface area contributed by atoms with Crippen LogP contribution in [-0.2, 0) is 25.5 Å². The van der Waals surface area contributed by atoms with Gasteiger partial charge in [0.15, 0.2) is 6.61 Å². The lowest BCUT2D eigenvalue weighted by Crippen LogP contribution is -2.28. The van der Waals surface area contributed by atoms with Crippen molar-refractivity contribution in [3.05, 3.63) is 35.4 Å². The topological polar surface area (TPSA) is 52.6 Å². The molecule has 1 aliphatic carbocycles. The molecule has 1 aromatic carbocycles. The van der Waals surface area contributed by atoms with Gasteiger partial charge in [0.25, 0.3) is 0 Å². The molecule has 0 radical (unpaired) electrons. The molecular formula is C18H24O4. The summed E-state index contributed by atoms with van der Waals surface area (Å²) in [6.07, 6.45) is 2.53. The van der Waals surface area contributed by atoms with Crippen LogP contribution in [-0.4, -0.2) is 25.2 Å². The van der Waals surface area contributed by atoms with Gasteiger partial charge in [-0.2, -0.15) is 0 Å². The zero-order valence-electron chi connectivity index (χ0n) is 13.6. The van der Waals surface area contributed by atoms with Crippen LogP contribution in [0.25, 0.3) is 0 Å². The lowest BCUT2D eigenvalue weighted by molar-refractivity contribution is -0.164. The van der Waals surface area contributed by atoms with Crippen molar-refractivity contribution in [2.24, 2.45) is 5.41 Å². The predicted octanol–water partition coefficient (Wildman–Crippen LogP) is 3.24. The van der Waals surface area contributed by atoms with Crippen LogP contribution in [0.15, 0.2) is 24.3 Å². The smallest absolute Gasteiger partial charge is 0.344 e. The Hall–Kier alpha value is -1.84. The first-order chi connectivity index (χ1) is 10.4. The van der Waals surface area contributed by atoms with Crippen molar-refractivity contribution in [3.63, 3.8) is 0 Å². The molecule has 1 atom stereocenters. The summed E-state index contributed by atoms with van der Waals surface area (Å²) in [6, 6.07) is 8.33. The van der Waals surface area contributed by atoms with Crippen molar-refractivity contribution >= 4 is 11.9 Å². The molecule has 0 N–H and O–H groups in total. The van der Waals surface area contributed by atoms with Gasteiger partial charge in [-0.3, -0.25) is 4.79 Å². The highest BCUT2D eigenvalue weighted by Crippen LogP contribution is 2.36. The fourth-order valence-corrected chi connectivity index (χ4v) is 2.44. The van der Waals surface area contributed by atoms with E-state index in [0.29, 0.717) is 18.9 Å². The van der Waals surface area contributed by atoms with Gasteiger partial charge < -0.3 is 9.47 Å². The van der Waals surface area contributed by atoms with Crippen LogP contribution in [0.1, 0.15) is 50.7 Å². The van der Waals surface area contributed by atoms with E-state index in [2.05, 4.69) is 12.1 Å². The molecule has 0 aromatic heterocycles. The van der Waals surface area contributed by atoms with Gasteiger partial charge in [0.2, 0.25) is 0 Å². The molecule has 0 saturated heterocycles. The van der Waals surface area contributed by atoms with E-state index in [9.17, 15) is 9.59 Å². The molecule has 0 aliphatic heterocycles. The van der Waals surface area contributed by atoms with Gasteiger partial charge in [0, 0.05) is 0 Å². The summed E-state index contributed by atoms with van der Waals surface area (Å²) in [5.74, 6) is -0.363. The number of fused-ring (bicyclic) bond motifs is 1. The number of hydrogen-bond donors (Lipinski definition) is 0. The number of carbonyl (C=O) groups is 2. The van der Waals surface area contributed by atoms with Crippen LogP contribution in [0, 0.1) is 5.41 Å². The molecule has 0 fully saturated rings. The molecule has 1 aliphatic rings. The van der Waals surface area contributed by atoms with E-state index in [0.717, 1.165) is 12.8 Å². The number of ether oxygens (including phenoxy) is 2. The molecule has 0 bridgehead atoms. The number of hydrogen-bond acceptors (Lipinski definition) is 4. The standard InChI is InChI=1S/C18H24O4/c1-4-18(2,3)17(20)22-12-16(19)21-10-9-14-11-13-7-5-6-8-15(13)14/h5-8,14H,4,9-12H2,1-3H3. The fourth-order valence-electron chi connectivity index (χ4n) is 2.44. The third-order valence-corrected chi connectivity index (χ3v) is 4.45. The van der Waals surface area contributed by atoms with Crippen LogP contribution in [0.3, 0.4) is 0 Å². The Balaban J connectivity index is 1.64. The second-order valence-electron chi connectivity index (χ2n) is 6.42. The summed E-state index contributed by atoms with van der Waals surface area (Å²) in [4.78, 5) is 23.3. The van der Waals surface area contributed by atoms with Gasteiger partial charge >= 0.3 is 11.9 Å². The minimum atomic E-state index is -0.560. The maximum Gasteiger partial charge on any atom is 0.344 e. The molecule has 120 valence electrons. The van der Waals surface area contributed by atoms with Crippen LogP contribution in [0.4, 0.5) is 0 Å². The monoisotopic (exact) mass is 304 g/mol. The Labute approximate surface area is 131 Å². The second kappa shape index (κ2) is 6.95.